The van der Waals surface area contributed by atoms with Crippen LogP contribution in [0.3, 0.4) is 0 Å². The molecule has 11 aromatic rings. The van der Waals surface area contributed by atoms with Gasteiger partial charge in [0.25, 0.3) is 0 Å². The van der Waals surface area contributed by atoms with Crippen molar-refractivity contribution in [2.45, 2.75) is 0 Å². The van der Waals surface area contributed by atoms with E-state index >= 15 is 0 Å². The van der Waals surface area contributed by atoms with Crippen molar-refractivity contribution in [3.63, 3.8) is 0 Å². The second-order valence-electron chi connectivity index (χ2n) is 14.0. The van der Waals surface area contributed by atoms with Crippen LogP contribution in [-0.4, -0.2) is 9.55 Å². The van der Waals surface area contributed by atoms with E-state index in [1.807, 2.05) is 30.3 Å². The molecule has 0 spiro atoms. The summed E-state index contributed by atoms with van der Waals surface area (Å²) in [6, 6.07) is 71.0. The zero-order valence-corrected chi connectivity index (χ0v) is 29.8. The minimum atomic E-state index is 0.598. The van der Waals surface area contributed by atoms with E-state index in [1.165, 1.54) is 38.2 Å². The van der Waals surface area contributed by atoms with Crippen molar-refractivity contribution >= 4 is 71.5 Å². The number of oxazole rings is 1. The molecule has 11 rings (SSSR count). The summed E-state index contributed by atoms with van der Waals surface area (Å²) in [5.74, 6) is 0.598. The molecule has 0 atom stereocenters. The van der Waals surface area contributed by atoms with Gasteiger partial charge in [-0.3, -0.25) is 0 Å². The van der Waals surface area contributed by atoms with Crippen LogP contribution in [0, 0.1) is 0 Å². The van der Waals surface area contributed by atoms with Gasteiger partial charge in [0, 0.05) is 38.8 Å². The first-order valence-corrected chi connectivity index (χ1v) is 18.6. The van der Waals surface area contributed by atoms with Crippen LogP contribution >= 0.6 is 0 Å². The fourth-order valence-electron chi connectivity index (χ4n) is 8.25. The van der Waals surface area contributed by atoms with Crippen molar-refractivity contribution in [2.24, 2.45) is 0 Å². The van der Waals surface area contributed by atoms with E-state index in [0.29, 0.717) is 5.89 Å². The average Bonchev–Trinajstić information content (AvgIpc) is 3.85. The van der Waals surface area contributed by atoms with Crippen LogP contribution in [0.5, 0.6) is 0 Å². The van der Waals surface area contributed by atoms with E-state index in [-0.39, 0.29) is 0 Å². The van der Waals surface area contributed by atoms with Gasteiger partial charge >= 0.3 is 0 Å². The molecule has 0 amide bonds. The normalized spacial score (nSPS) is 11.6. The summed E-state index contributed by atoms with van der Waals surface area (Å²) in [6.45, 7) is 0. The maximum Gasteiger partial charge on any atom is 0.227 e. The summed E-state index contributed by atoms with van der Waals surface area (Å²) in [5.41, 5.74) is 11.4. The van der Waals surface area contributed by atoms with Gasteiger partial charge in [-0.1, -0.05) is 133 Å². The highest BCUT2D eigenvalue weighted by Gasteiger charge is 2.23. The predicted molar refractivity (Wildman–Crippen MR) is 229 cm³/mol. The molecule has 0 aliphatic carbocycles. The van der Waals surface area contributed by atoms with Gasteiger partial charge in [-0.05, 0) is 94.0 Å². The highest BCUT2D eigenvalue weighted by Crippen LogP contribution is 2.45. The monoisotopic (exact) mass is 703 g/mol. The van der Waals surface area contributed by atoms with Crippen molar-refractivity contribution in [3.05, 3.63) is 200 Å². The van der Waals surface area contributed by atoms with Gasteiger partial charge in [0.15, 0.2) is 5.58 Å². The number of hydrogen-bond acceptors (Lipinski definition) is 3. The van der Waals surface area contributed by atoms with E-state index in [2.05, 4.69) is 179 Å². The SMILES string of the molecule is c1ccc(-c2nc3c(N(c4ccc(-c5cccc6ccccc56)cc4)c4ccc5c(c4)c4ccccc4n5-c4ccccc4)cc4ccccc4c3o2)cc1. The lowest BCUT2D eigenvalue weighted by molar-refractivity contribution is 0.623. The van der Waals surface area contributed by atoms with Crippen LogP contribution < -0.4 is 4.90 Å². The number of hydrogen-bond donors (Lipinski definition) is 0. The number of nitrogens with zero attached hydrogens (tertiary/aromatic N) is 3. The Morgan fingerprint density at radius 2 is 1.07 bits per heavy atom. The van der Waals surface area contributed by atoms with Crippen LogP contribution in [0.15, 0.2) is 205 Å². The summed E-state index contributed by atoms with van der Waals surface area (Å²) in [4.78, 5) is 7.59. The molecule has 0 fully saturated rings. The summed E-state index contributed by atoms with van der Waals surface area (Å²) >= 11 is 0. The van der Waals surface area contributed by atoms with Crippen LogP contribution in [0.1, 0.15) is 0 Å². The number of para-hydroxylation sites is 2. The minimum absolute atomic E-state index is 0.598. The average molecular weight is 704 g/mol. The zero-order valence-electron chi connectivity index (χ0n) is 29.8. The fourth-order valence-corrected chi connectivity index (χ4v) is 8.25. The van der Waals surface area contributed by atoms with Gasteiger partial charge in [0.05, 0.1) is 16.7 Å². The quantitative estimate of drug-likeness (QED) is 0.173. The Morgan fingerprint density at radius 1 is 0.436 bits per heavy atom. The number of anilines is 3. The first-order valence-electron chi connectivity index (χ1n) is 18.6. The fraction of sp³-hybridized carbons (Fsp3) is 0. The number of rotatable bonds is 6. The third-order valence-corrected chi connectivity index (χ3v) is 10.8. The van der Waals surface area contributed by atoms with Crippen molar-refractivity contribution in [3.8, 4) is 28.3 Å². The highest BCUT2D eigenvalue weighted by atomic mass is 16.3. The summed E-state index contributed by atoms with van der Waals surface area (Å²) in [6.07, 6.45) is 0. The minimum Gasteiger partial charge on any atom is -0.435 e. The highest BCUT2D eigenvalue weighted by molar-refractivity contribution is 6.13. The van der Waals surface area contributed by atoms with E-state index < -0.39 is 0 Å². The topological polar surface area (TPSA) is 34.2 Å². The maximum atomic E-state index is 6.69. The molecule has 0 saturated carbocycles. The third-order valence-electron chi connectivity index (χ3n) is 10.8. The summed E-state index contributed by atoms with van der Waals surface area (Å²) in [7, 11) is 0. The molecule has 0 aliphatic rings. The Labute approximate surface area is 317 Å². The predicted octanol–water partition coefficient (Wildman–Crippen LogP) is 14.0. The molecular weight excluding hydrogens is 671 g/mol. The molecular formula is C51H33N3O. The standard InChI is InChI=1S/C51H33N3O/c1-3-15-36(16-4-1)51-52-49-48(32-37-17-8-10-22-43(37)50(49)55-51)53(39-28-26-35(27-29-39)42-24-13-18-34-14-7-9-21-41(34)42)40-30-31-47-45(33-40)44-23-11-12-25-46(44)54(47)38-19-5-2-6-20-38/h1-33H. The lowest BCUT2D eigenvalue weighted by Crippen LogP contribution is -2.11. The largest absolute Gasteiger partial charge is 0.435 e. The second-order valence-corrected chi connectivity index (χ2v) is 14.0. The van der Waals surface area contributed by atoms with Crippen molar-refractivity contribution in [1.82, 2.24) is 9.55 Å². The molecule has 0 N–H and O–H groups in total. The molecule has 258 valence electrons. The van der Waals surface area contributed by atoms with Gasteiger partial charge in [0.1, 0.15) is 5.52 Å². The molecule has 0 aliphatic heterocycles. The van der Waals surface area contributed by atoms with Gasteiger partial charge in [0.2, 0.25) is 5.89 Å². The van der Waals surface area contributed by atoms with Crippen LogP contribution in [0.4, 0.5) is 17.1 Å². The number of benzene rings is 9. The first-order chi connectivity index (χ1) is 27.3. The molecule has 4 nitrogen and oxygen atoms in total. The lowest BCUT2D eigenvalue weighted by atomic mass is 9.98. The van der Waals surface area contributed by atoms with Gasteiger partial charge < -0.3 is 13.9 Å². The van der Waals surface area contributed by atoms with Crippen LogP contribution in [0.2, 0.25) is 0 Å². The molecule has 0 saturated heterocycles. The third kappa shape index (κ3) is 5.11. The lowest BCUT2D eigenvalue weighted by Gasteiger charge is -2.26. The molecule has 4 heteroatoms. The maximum absolute atomic E-state index is 6.69. The van der Waals surface area contributed by atoms with Crippen LogP contribution in [-0.2, 0) is 0 Å². The number of fused-ring (bicyclic) bond motifs is 7. The first kappa shape index (κ1) is 31.1. The van der Waals surface area contributed by atoms with E-state index in [0.717, 1.165) is 55.7 Å². The Morgan fingerprint density at radius 3 is 1.89 bits per heavy atom. The molecule has 0 bridgehead atoms. The molecule has 2 heterocycles. The van der Waals surface area contributed by atoms with Crippen molar-refractivity contribution in [1.29, 1.82) is 0 Å². The van der Waals surface area contributed by atoms with Crippen molar-refractivity contribution < 1.29 is 4.42 Å². The summed E-state index contributed by atoms with van der Waals surface area (Å²) < 4.78 is 9.04. The summed E-state index contributed by atoms with van der Waals surface area (Å²) in [5, 5.41) is 6.96. The molecule has 9 aromatic carbocycles. The second kappa shape index (κ2) is 12.6. The van der Waals surface area contributed by atoms with E-state index in [1.54, 1.807) is 0 Å². The van der Waals surface area contributed by atoms with Gasteiger partial charge in [-0.15, -0.1) is 0 Å². The molecule has 2 aromatic heterocycles. The Kier molecular flexibility index (Phi) is 7.14. The van der Waals surface area contributed by atoms with Crippen LogP contribution in [0.25, 0.3) is 82.7 Å². The molecule has 0 unspecified atom stereocenters. The number of aromatic nitrogens is 2. The molecule has 0 radical (unpaired) electrons. The Balaban J connectivity index is 1.17. The van der Waals surface area contributed by atoms with Gasteiger partial charge in [-0.25, -0.2) is 4.98 Å². The Hall–Kier alpha value is -7.43. The molecule has 55 heavy (non-hydrogen) atoms. The smallest absolute Gasteiger partial charge is 0.227 e. The van der Waals surface area contributed by atoms with Gasteiger partial charge in [-0.2, -0.15) is 0 Å². The Bertz CT molecular complexity index is 3190. The van der Waals surface area contributed by atoms with Crippen molar-refractivity contribution in [2.75, 3.05) is 4.90 Å². The zero-order chi connectivity index (χ0) is 36.3. The van der Waals surface area contributed by atoms with E-state index in [4.69, 9.17) is 9.40 Å². The van der Waals surface area contributed by atoms with E-state index in [9.17, 15) is 0 Å².